The molecule has 0 saturated carbocycles. The minimum Gasteiger partial charge on any atom is -0.489 e. The number of carbonyl (C=O) groups excluding carboxylic acids is 1. The molecule has 0 unspecified atom stereocenters. The summed E-state index contributed by atoms with van der Waals surface area (Å²) >= 11 is 1.32. The quantitative estimate of drug-likeness (QED) is 0.268. The summed E-state index contributed by atoms with van der Waals surface area (Å²) < 4.78 is 38.4. The van der Waals surface area contributed by atoms with Crippen LogP contribution in [0, 0.1) is 11.6 Å². The van der Waals surface area contributed by atoms with Crippen molar-refractivity contribution < 1.29 is 32.6 Å². The van der Waals surface area contributed by atoms with Crippen LogP contribution in [-0.4, -0.2) is 39.7 Å². The molecule has 0 fully saturated rings. The molecule has 4 aromatic rings. The number of hydrogen-bond donors (Lipinski definition) is 1. The van der Waals surface area contributed by atoms with E-state index in [4.69, 9.17) is 9.15 Å². The average Bonchev–Trinajstić information content (AvgIpc) is 3.41. The highest BCUT2D eigenvalue weighted by molar-refractivity contribution is 7.98. The summed E-state index contributed by atoms with van der Waals surface area (Å²) in [5.41, 5.74) is 2.31. The van der Waals surface area contributed by atoms with Gasteiger partial charge >= 0.3 is 5.97 Å². The number of aromatic nitrogens is 1. The standard InChI is InChI=1S/C27H22F2N2O5S/c1-37-25-11-24(29)23(28)10-22(25)18-5-7-20(8-6-18)35-15-17-3-2-4-19(9-17)27(34)31(14-26(32)33)13-21-12-30-16-36-21/h2-12,16H,13-15H2,1H3,(H,32,33). The second kappa shape index (κ2) is 11.7. The maximum Gasteiger partial charge on any atom is 0.323 e. The third-order valence-corrected chi connectivity index (χ3v) is 6.21. The summed E-state index contributed by atoms with van der Waals surface area (Å²) in [6.45, 7) is -0.375. The van der Waals surface area contributed by atoms with Crippen LogP contribution < -0.4 is 4.74 Å². The van der Waals surface area contributed by atoms with Crippen molar-refractivity contribution in [3.8, 4) is 16.9 Å². The zero-order valence-corrected chi connectivity index (χ0v) is 20.5. The first-order valence-corrected chi connectivity index (χ1v) is 12.3. The molecule has 0 saturated heterocycles. The Kier molecular flexibility index (Phi) is 8.19. The third-order valence-electron chi connectivity index (χ3n) is 5.43. The fraction of sp³-hybridized carbons (Fsp3) is 0.148. The van der Waals surface area contributed by atoms with Gasteiger partial charge in [-0.2, -0.15) is 0 Å². The maximum absolute atomic E-state index is 13.8. The van der Waals surface area contributed by atoms with E-state index in [0.29, 0.717) is 38.7 Å². The zero-order valence-electron chi connectivity index (χ0n) is 19.7. The number of carboxylic acid groups (broad SMARTS) is 1. The van der Waals surface area contributed by atoms with Crippen molar-refractivity contribution in [2.45, 2.75) is 18.0 Å². The van der Waals surface area contributed by atoms with Crippen LogP contribution in [-0.2, 0) is 17.9 Å². The molecule has 10 heteroatoms. The van der Waals surface area contributed by atoms with Crippen molar-refractivity contribution in [1.82, 2.24) is 9.88 Å². The second-order valence-electron chi connectivity index (χ2n) is 8.00. The van der Waals surface area contributed by atoms with Gasteiger partial charge < -0.3 is 19.2 Å². The van der Waals surface area contributed by atoms with E-state index in [0.717, 1.165) is 4.90 Å². The van der Waals surface area contributed by atoms with Gasteiger partial charge in [-0.3, -0.25) is 9.59 Å². The number of aliphatic carboxylic acids is 1. The molecule has 0 radical (unpaired) electrons. The molecule has 0 aliphatic heterocycles. The number of rotatable bonds is 10. The molecule has 1 aromatic heterocycles. The molecule has 1 heterocycles. The van der Waals surface area contributed by atoms with Gasteiger partial charge in [0, 0.05) is 10.5 Å². The smallest absolute Gasteiger partial charge is 0.323 e. The highest BCUT2D eigenvalue weighted by atomic mass is 32.2. The van der Waals surface area contributed by atoms with Gasteiger partial charge in [-0.15, -0.1) is 11.8 Å². The number of halogens is 2. The lowest BCUT2D eigenvalue weighted by Crippen LogP contribution is -2.35. The van der Waals surface area contributed by atoms with E-state index in [1.54, 1.807) is 54.8 Å². The van der Waals surface area contributed by atoms with Crippen molar-refractivity contribution in [2.75, 3.05) is 12.8 Å². The van der Waals surface area contributed by atoms with E-state index in [1.165, 1.54) is 36.5 Å². The van der Waals surface area contributed by atoms with E-state index < -0.39 is 30.1 Å². The first kappa shape index (κ1) is 25.9. The molecule has 4 rings (SSSR count). The highest BCUT2D eigenvalue weighted by Gasteiger charge is 2.20. The van der Waals surface area contributed by atoms with Gasteiger partial charge in [0.2, 0.25) is 0 Å². The van der Waals surface area contributed by atoms with Crippen LogP contribution in [0.5, 0.6) is 5.75 Å². The second-order valence-corrected chi connectivity index (χ2v) is 8.85. The van der Waals surface area contributed by atoms with E-state index >= 15 is 0 Å². The van der Waals surface area contributed by atoms with Gasteiger partial charge in [0.15, 0.2) is 18.0 Å². The van der Waals surface area contributed by atoms with Crippen LogP contribution in [0.3, 0.4) is 0 Å². The number of thioether (sulfide) groups is 1. The molecule has 0 atom stereocenters. The lowest BCUT2D eigenvalue weighted by Gasteiger charge is -2.19. The predicted octanol–water partition coefficient (Wildman–Crippen LogP) is 5.65. The van der Waals surface area contributed by atoms with Gasteiger partial charge in [-0.1, -0.05) is 24.3 Å². The van der Waals surface area contributed by atoms with Crippen LogP contribution >= 0.6 is 11.8 Å². The van der Waals surface area contributed by atoms with Crippen molar-refractivity contribution >= 4 is 23.6 Å². The molecule has 37 heavy (non-hydrogen) atoms. The predicted molar refractivity (Wildman–Crippen MR) is 133 cm³/mol. The highest BCUT2D eigenvalue weighted by Crippen LogP contribution is 2.33. The SMILES string of the molecule is CSc1cc(F)c(F)cc1-c1ccc(OCc2cccc(C(=O)N(CC(=O)O)Cc3cnco3)c2)cc1. The minimum absolute atomic E-state index is 0.0333. The van der Waals surface area contributed by atoms with Crippen molar-refractivity contribution in [3.63, 3.8) is 0 Å². The lowest BCUT2D eigenvalue weighted by molar-refractivity contribution is -0.137. The number of carboxylic acids is 1. The zero-order chi connectivity index (χ0) is 26.4. The molecule has 1 amide bonds. The van der Waals surface area contributed by atoms with Gasteiger partial charge in [0.25, 0.3) is 5.91 Å². The number of carbonyl (C=O) groups is 2. The molecule has 0 aliphatic carbocycles. The van der Waals surface area contributed by atoms with E-state index in [2.05, 4.69) is 4.98 Å². The first-order chi connectivity index (χ1) is 17.8. The Bertz CT molecular complexity index is 1390. The van der Waals surface area contributed by atoms with Crippen LogP contribution in [0.1, 0.15) is 21.7 Å². The van der Waals surface area contributed by atoms with Crippen molar-refractivity contribution in [3.05, 3.63) is 102 Å². The Morgan fingerprint density at radius 2 is 1.84 bits per heavy atom. The monoisotopic (exact) mass is 524 g/mol. The van der Waals surface area contributed by atoms with Crippen LogP contribution in [0.15, 0.2) is 82.6 Å². The van der Waals surface area contributed by atoms with Crippen LogP contribution in [0.4, 0.5) is 8.78 Å². The molecule has 7 nitrogen and oxygen atoms in total. The van der Waals surface area contributed by atoms with E-state index in [1.807, 2.05) is 0 Å². The summed E-state index contributed by atoms with van der Waals surface area (Å²) in [5.74, 6) is -2.51. The molecule has 0 bridgehead atoms. The Balaban J connectivity index is 1.45. The van der Waals surface area contributed by atoms with Gasteiger partial charge in [-0.05, 0) is 59.3 Å². The summed E-state index contributed by atoms with van der Waals surface area (Å²) in [6, 6.07) is 16.0. The Morgan fingerprint density at radius 1 is 1.08 bits per heavy atom. The summed E-state index contributed by atoms with van der Waals surface area (Å²) in [5, 5.41) is 9.22. The number of amides is 1. The fourth-order valence-corrected chi connectivity index (χ4v) is 4.29. The van der Waals surface area contributed by atoms with E-state index in [9.17, 15) is 23.5 Å². The lowest BCUT2D eigenvalue weighted by atomic mass is 10.1. The number of ether oxygens (including phenoxy) is 1. The average molecular weight is 525 g/mol. The number of nitrogens with zero attached hydrogens (tertiary/aromatic N) is 2. The van der Waals surface area contributed by atoms with Gasteiger partial charge in [0.1, 0.15) is 24.7 Å². The van der Waals surface area contributed by atoms with Crippen LogP contribution in [0.2, 0.25) is 0 Å². The molecular weight excluding hydrogens is 502 g/mol. The van der Waals surface area contributed by atoms with Crippen molar-refractivity contribution in [2.24, 2.45) is 0 Å². The number of oxazole rings is 1. The van der Waals surface area contributed by atoms with Gasteiger partial charge in [-0.25, -0.2) is 13.8 Å². The summed E-state index contributed by atoms with van der Waals surface area (Å²) in [6.07, 6.45) is 4.43. The maximum atomic E-state index is 13.8. The number of benzene rings is 3. The molecule has 1 N–H and O–H groups in total. The molecule has 0 spiro atoms. The fourth-order valence-electron chi connectivity index (χ4n) is 3.67. The van der Waals surface area contributed by atoms with Gasteiger partial charge in [0.05, 0.1) is 12.7 Å². The Morgan fingerprint density at radius 3 is 2.51 bits per heavy atom. The molecule has 3 aromatic carbocycles. The normalized spacial score (nSPS) is 10.8. The van der Waals surface area contributed by atoms with E-state index in [-0.39, 0.29) is 13.2 Å². The summed E-state index contributed by atoms with van der Waals surface area (Å²) in [4.78, 5) is 29.9. The summed E-state index contributed by atoms with van der Waals surface area (Å²) in [7, 11) is 0. The molecular formula is C27H22F2N2O5S. The molecule has 0 aliphatic rings. The Labute approximate surface area is 215 Å². The third kappa shape index (κ3) is 6.53. The Hall–Kier alpha value is -4.18. The first-order valence-electron chi connectivity index (χ1n) is 11.1. The molecule has 190 valence electrons. The van der Waals surface area contributed by atoms with Crippen LogP contribution in [0.25, 0.3) is 11.1 Å². The minimum atomic E-state index is -1.15. The largest absolute Gasteiger partial charge is 0.489 e. The van der Waals surface area contributed by atoms with Crippen molar-refractivity contribution in [1.29, 1.82) is 0 Å². The number of hydrogen-bond acceptors (Lipinski definition) is 6. The topological polar surface area (TPSA) is 92.9 Å².